The van der Waals surface area contributed by atoms with Crippen molar-refractivity contribution in [3.63, 3.8) is 0 Å². The molecule has 0 bridgehead atoms. The predicted molar refractivity (Wildman–Crippen MR) is 103 cm³/mol. The Hall–Kier alpha value is -1.86. The zero-order valence-electron chi connectivity index (χ0n) is 15.3. The van der Waals surface area contributed by atoms with Crippen LogP contribution >= 0.6 is 0 Å². The smallest absolute Gasteiger partial charge is 0.191 e. The lowest BCUT2D eigenvalue weighted by Crippen LogP contribution is -2.44. The quantitative estimate of drug-likeness (QED) is 0.335. The Balaban J connectivity index is 1.56. The standard InChI is InChI=1S/C18H32N6O/c1-2-19-18(23-11-12-24-13-15-25-16-14-24)22-10-6-5-9-21-17-7-3-4-8-20-17/h3-4,7-8H,2,5-6,9-16H2,1H3,(H,20,21)(H2,19,22,23). The number of anilines is 1. The Morgan fingerprint density at radius 3 is 2.84 bits per heavy atom. The van der Waals surface area contributed by atoms with E-state index in [4.69, 9.17) is 4.74 Å². The average molecular weight is 348 g/mol. The van der Waals surface area contributed by atoms with E-state index in [0.29, 0.717) is 0 Å². The molecule has 25 heavy (non-hydrogen) atoms. The highest BCUT2D eigenvalue weighted by atomic mass is 16.5. The SMILES string of the molecule is CCNC(=NCCCCNc1ccccn1)NCCN1CCOCC1. The van der Waals surface area contributed by atoms with E-state index in [1.54, 1.807) is 6.20 Å². The highest BCUT2D eigenvalue weighted by Gasteiger charge is 2.09. The first-order chi connectivity index (χ1) is 12.4. The summed E-state index contributed by atoms with van der Waals surface area (Å²) in [4.78, 5) is 11.3. The third-order valence-corrected chi connectivity index (χ3v) is 3.99. The number of ether oxygens (including phenoxy) is 1. The van der Waals surface area contributed by atoms with Crippen molar-refractivity contribution in [2.24, 2.45) is 4.99 Å². The molecule has 0 aliphatic carbocycles. The first-order valence-electron chi connectivity index (χ1n) is 9.35. The molecule has 1 aliphatic rings. The van der Waals surface area contributed by atoms with Crippen molar-refractivity contribution in [1.82, 2.24) is 20.5 Å². The average Bonchev–Trinajstić information content (AvgIpc) is 2.66. The van der Waals surface area contributed by atoms with Crippen LogP contribution in [0.2, 0.25) is 0 Å². The maximum atomic E-state index is 5.37. The van der Waals surface area contributed by atoms with Gasteiger partial charge in [-0.25, -0.2) is 4.98 Å². The second kappa shape index (κ2) is 12.5. The number of guanidine groups is 1. The van der Waals surface area contributed by atoms with Crippen molar-refractivity contribution in [2.45, 2.75) is 19.8 Å². The number of rotatable bonds is 10. The molecular formula is C18H32N6O. The number of unbranched alkanes of at least 4 members (excludes halogenated alkanes) is 1. The number of hydrogen-bond acceptors (Lipinski definition) is 5. The second-order valence-electron chi connectivity index (χ2n) is 5.99. The summed E-state index contributed by atoms with van der Waals surface area (Å²) in [7, 11) is 0. The van der Waals surface area contributed by atoms with E-state index in [2.05, 4.69) is 37.8 Å². The first-order valence-corrected chi connectivity index (χ1v) is 9.35. The molecular weight excluding hydrogens is 316 g/mol. The van der Waals surface area contributed by atoms with Gasteiger partial charge in [0.05, 0.1) is 13.2 Å². The Bertz CT molecular complexity index is 476. The third-order valence-electron chi connectivity index (χ3n) is 3.99. The predicted octanol–water partition coefficient (Wildman–Crippen LogP) is 1.16. The van der Waals surface area contributed by atoms with Gasteiger partial charge in [0.2, 0.25) is 0 Å². The number of nitrogens with zero attached hydrogens (tertiary/aromatic N) is 3. The van der Waals surface area contributed by atoms with Crippen LogP contribution in [0, 0.1) is 0 Å². The fraction of sp³-hybridized carbons (Fsp3) is 0.667. The minimum absolute atomic E-state index is 0.830. The topological polar surface area (TPSA) is 73.8 Å². The van der Waals surface area contributed by atoms with Gasteiger partial charge in [-0.3, -0.25) is 9.89 Å². The minimum atomic E-state index is 0.830. The van der Waals surface area contributed by atoms with Crippen LogP contribution < -0.4 is 16.0 Å². The van der Waals surface area contributed by atoms with Crippen LogP contribution in [0.5, 0.6) is 0 Å². The van der Waals surface area contributed by atoms with Crippen molar-refractivity contribution in [3.05, 3.63) is 24.4 Å². The largest absolute Gasteiger partial charge is 0.379 e. The van der Waals surface area contributed by atoms with Crippen LogP contribution in [-0.4, -0.2) is 74.9 Å². The van der Waals surface area contributed by atoms with Crippen molar-refractivity contribution in [1.29, 1.82) is 0 Å². The van der Waals surface area contributed by atoms with Gasteiger partial charge >= 0.3 is 0 Å². The summed E-state index contributed by atoms with van der Waals surface area (Å²) in [6, 6.07) is 5.90. The molecule has 0 radical (unpaired) electrons. The van der Waals surface area contributed by atoms with Crippen LogP contribution in [0.1, 0.15) is 19.8 Å². The summed E-state index contributed by atoms with van der Waals surface area (Å²) in [5, 5.41) is 10.0. The zero-order valence-corrected chi connectivity index (χ0v) is 15.3. The molecule has 140 valence electrons. The van der Waals surface area contributed by atoms with Crippen molar-refractivity contribution < 1.29 is 4.74 Å². The van der Waals surface area contributed by atoms with Crippen molar-refractivity contribution in [3.8, 4) is 0 Å². The molecule has 1 aromatic heterocycles. The number of nitrogens with one attached hydrogen (secondary N) is 3. The summed E-state index contributed by atoms with van der Waals surface area (Å²) in [6.45, 7) is 10.4. The van der Waals surface area contributed by atoms with E-state index >= 15 is 0 Å². The molecule has 2 rings (SSSR count). The summed E-state index contributed by atoms with van der Waals surface area (Å²) in [5.41, 5.74) is 0. The number of morpholine rings is 1. The van der Waals surface area contributed by atoms with E-state index in [-0.39, 0.29) is 0 Å². The van der Waals surface area contributed by atoms with E-state index in [1.165, 1.54) is 0 Å². The highest BCUT2D eigenvalue weighted by molar-refractivity contribution is 5.79. The van der Waals surface area contributed by atoms with Crippen LogP contribution in [0.15, 0.2) is 29.4 Å². The van der Waals surface area contributed by atoms with Gasteiger partial charge < -0.3 is 20.7 Å². The molecule has 3 N–H and O–H groups in total. The van der Waals surface area contributed by atoms with Gasteiger partial charge in [-0.1, -0.05) is 6.07 Å². The number of hydrogen-bond donors (Lipinski definition) is 3. The molecule has 0 amide bonds. The summed E-state index contributed by atoms with van der Waals surface area (Å²) < 4.78 is 5.37. The normalized spacial score (nSPS) is 15.8. The van der Waals surface area contributed by atoms with E-state index in [0.717, 1.165) is 83.6 Å². The molecule has 7 nitrogen and oxygen atoms in total. The monoisotopic (exact) mass is 348 g/mol. The Morgan fingerprint density at radius 1 is 1.20 bits per heavy atom. The Labute approximate surface area is 151 Å². The highest BCUT2D eigenvalue weighted by Crippen LogP contribution is 2.00. The number of aromatic nitrogens is 1. The lowest BCUT2D eigenvalue weighted by Gasteiger charge is -2.26. The molecule has 0 unspecified atom stereocenters. The number of pyridine rings is 1. The molecule has 2 heterocycles. The molecule has 0 spiro atoms. The van der Waals surface area contributed by atoms with Crippen LogP contribution in [0.4, 0.5) is 5.82 Å². The molecule has 1 saturated heterocycles. The zero-order chi connectivity index (χ0) is 17.6. The van der Waals surface area contributed by atoms with Crippen LogP contribution in [-0.2, 0) is 4.74 Å². The summed E-state index contributed by atoms with van der Waals surface area (Å²) >= 11 is 0. The van der Waals surface area contributed by atoms with Crippen LogP contribution in [0.3, 0.4) is 0 Å². The third kappa shape index (κ3) is 8.69. The molecule has 0 aromatic carbocycles. The minimum Gasteiger partial charge on any atom is -0.379 e. The first kappa shape index (κ1) is 19.5. The van der Waals surface area contributed by atoms with Crippen LogP contribution in [0.25, 0.3) is 0 Å². The summed E-state index contributed by atoms with van der Waals surface area (Å²) in [6.07, 6.45) is 3.94. The van der Waals surface area contributed by atoms with E-state index < -0.39 is 0 Å². The molecule has 1 fully saturated rings. The number of aliphatic imine (C=N–C) groups is 1. The van der Waals surface area contributed by atoms with Gasteiger partial charge in [0.25, 0.3) is 0 Å². The van der Waals surface area contributed by atoms with Gasteiger partial charge in [-0.2, -0.15) is 0 Å². The maximum absolute atomic E-state index is 5.37. The molecule has 1 aliphatic heterocycles. The van der Waals surface area contributed by atoms with E-state index in [9.17, 15) is 0 Å². The molecule has 7 heteroatoms. The summed E-state index contributed by atoms with van der Waals surface area (Å²) in [5.74, 6) is 1.84. The maximum Gasteiger partial charge on any atom is 0.191 e. The van der Waals surface area contributed by atoms with Gasteiger partial charge in [0.1, 0.15) is 5.82 Å². The van der Waals surface area contributed by atoms with E-state index in [1.807, 2.05) is 18.2 Å². The fourth-order valence-electron chi connectivity index (χ4n) is 2.61. The van der Waals surface area contributed by atoms with Crippen molar-refractivity contribution >= 4 is 11.8 Å². The second-order valence-corrected chi connectivity index (χ2v) is 5.99. The lowest BCUT2D eigenvalue weighted by atomic mass is 10.3. The van der Waals surface area contributed by atoms with Crippen molar-refractivity contribution in [2.75, 3.05) is 64.3 Å². The Kier molecular flexibility index (Phi) is 9.73. The van der Waals surface area contributed by atoms with Gasteiger partial charge in [0, 0.05) is 52.0 Å². The fourth-order valence-corrected chi connectivity index (χ4v) is 2.61. The van der Waals surface area contributed by atoms with Gasteiger partial charge in [-0.15, -0.1) is 0 Å². The van der Waals surface area contributed by atoms with Gasteiger partial charge in [0.15, 0.2) is 5.96 Å². The van der Waals surface area contributed by atoms with Gasteiger partial charge in [-0.05, 0) is 31.9 Å². The molecule has 0 atom stereocenters. The lowest BCUT2D eigenvalue weighted by molar-refractivity contribution is 0.0389. The molecule has 0 saturated carbocycles. The molecule has 1 aromatic rings. The Morgan fingerprint density at radius 2 is 2.08 bits per heavy atom.